The highest BCUT2D eigenvalue weighted by Gasteiger charge is 2.45. The van der Waals surface area contributed by atoms with Gasteiger partial charge in [-0.2, -0.15) is 17.0 Å². The zero-order valence-corrected chi connectivity index (χ0v) is 12.7. The first-order chi connectivity index (χ1) is 9.64. The average molecular weight is 303 g/mol. The van der Waals surface area contributed by atoms with Gasteiger partial charge in [0.05, 0.1) is 18.8 Å². The summed E-state index contributed by atoms with van der Waals surface area (Å²) in [7, 11) is -3.39. The molecule has 0 aromatic rings. The number of piperidine rings is 1. The van der Waals surface area contributed by atoms with Crippen molar-refractivity contribution < 1.29 is 13.2 Å². The van der Waals surface area contributed by atoms with Gasteiger partial charge in [0.15, 0.2) is 0 Å². The van der Waals surface area contributed by atoms with E-state index >= 15 is 0 Å². The van der Waals surface area contributed by atoms with Crippen LogP contribution in [0.15, 0.2) is 0 Å². The summed E-state index contributed by atoms with van der Waals surface area (Å²) in [5.41, 5.74) is 5.78. The second kappa shape index (κ2) is 5.88. The van der Waals surface area contributed by atoms with E-state index in [1.807, 2.05) is 0 Å². The van der Waals surface area contributed by atoms with Crippen LogP contribution in [0.2, 0.25) is 0 Å². The van der Waals surface area contributed by atoms with E-state index in [0.29, 0.717) is 26.2 Å². The number of morpholine rings is 1. The number of fused-ring (bicyclic) bond motifs is 1. The Balaban J connectivity index is 1.82. The molecule has 3 unspecified atom stereocenters. The first-order valence-electron chi connectivity index (χ1n) is 7.75. The first-order valence-corrected chi connectivity index (χ1v) is 9.14. The van der Waals surface area contributed by atoms with Gasteiger partial charge in [0.1, 0.15) is 0 Å². The van der Waals surface area contributed by atoms with E-state index in [1.54, 1.807) is 8.61 Å². The average Bonchev–Trinajstić information content (AvgIpc) is 2.95. The fourth-order valence-electron chi connectivity index (χ4n) is 3.82. The smallest absolute Gasteiger partial charge is 0.282 e. The predicted molar refractivity (Wildman–Crippen MR) is 76.4 cm³/mol. The third-order valence-corrected chi connectivity index (χ3v) is 6.99. The largest absolute Gasteiger partial charge is 0.375 e. The van der Waals surface area contributed by atoms with Crippen LogP contribution < -0.4 is 5.73 Å². The van der Waals surface area contributed by atoms with Gasteiger partial charge in [-0.25, -0.2) is 0 Å². The van der Waals surface area contributed by atoms with Gasteiger partial charge in [-0.3, -0.25) is 0 Å². The Hall–Kier alpha value is -0.210. The van der Waals surface area contributed by atoms with E-state index in [9.17, 15) is 8.42 Å². The van der Waals surface area contributed by atoms with Gasteiger partial charge in [-0.05, 0) is 32.1 Å². The maximum atomic E-state index is 13.0. The van der Waals surface area contributed by atoms with Crippen LogP contribution in [0.1, 0.15) is 38.5 Å². The Bertz CT molecular complexity index is 442. The van der Waals surface area contributed by atoms with Crippen LogP contribution in [0.4, 0.5) is 0 Å². The molecule has 6 nitrogen and oxygen atoms in total. The van der Waals surface area contributed by atoms with Crippen LogP contribution >= 0.6 is 0 Å². The molecule has 2 aliphatic heterocycles. The number of nitrogens with two attached hydrogens (primary N) is 1. The van der Waals surface area contributed by atoms with Crippen molar-refractivity contribution in [3.63, 3.8) is 0 Å². The van der Waals surface area contributed by atoms with E-state index in [-0.39, 0.29) is 18.2 Å². The standard InChI is InChI=1S/C13H25N3O3S/c14-10-11-4-1-2-7-15(11)20(17,18)16-8-9-19-13-6-3-5-12(13)16/h11-13H,1-10,14H2. The molecule has 7 heteroatoms. The van der Waals surface area contributed by atoms with Gasteiger partial charge in [0.2, 0.25) is 0 Å². The van der Waals surface area contributed by atoms with Crippen molar-refractivity contribution in [2.75, 3.05) is 26.2 Å². The van der Waals surface area contributed by atoms with Crippen molar-refractivity contribution in [2.24, 2.45) is 5.73 Å². The number of nitrogens with zero attached hydrogens (tertiary/aromatic N) is 2. The summed E-state index contributed by atoms with van der Waals surface area (Å²) in [6.45, 7) is 2.02. The second-order valence-corrected chi connectivity index (χ2v) is 7.86. The van der Waals surface area contributed by atoms with E-state index in [2.05, 4.69) is 0 Å². The second-order valence-electron chi connectivity index (χ2n) is 6.02. The zero-order chi connectivity index (χ0) is 14.2. The Morgan fingerprint density at radius 3 is 2.70 bits per heavy atom. The third kappa shape index (κ3) is 2.50. The van der Waals surface area contributed by atoms with Crippen molar-refractivity contribution in [3.8, 4) is 0 Å². The highest BCUT2D eigenvalue weighted by Crippen LogP contribution is 2.33. The van der Waals surface area contributed by atoms with E-state index in [4.69, 9.17) is 10.5 Å². The van der Waals surface area contributed by atoms with Crippen molar-refractivity contribution in [2.45, 2.75) is 56.7 Å². The molecule has 3 aliphatic rings. The monoisotopic (exact) mass is 303 g/mol. The molecular weight excluding hydrogens is 278 g/mol. The molecule has 3 rings (SSSR count). The molecule has 2 heterocycles. The summed E-state index contributed by atoms with van der Waals surface area (Å²) in [6.07, 6.45) is 5.95. The predicted octanol–water partition coefficient (Wildman–Crippen LogP) is 0.298. The lowest BCUT2D eigenvalue weighted by Crippen LogP contribution is -2.59. The number of ether oxygens (including phenoxy) is 1. The zero-order valence-electron chi connectivity index (χ0n) is 11.9. The minimum absolute atomic E-state index is 0.0311. The lowest BCUT2D eigenvalue weighted by molar-refractivity contribution is -0.0268. The van der Waals surface area contributed by atoms with Gasteiger partial charge in [-0.15, -0.1) is 0 Å². The highest BCUT2D eigenvalue weighted by molar-refractivity contribution is 7.86. The van der Waals surface area contributed by atoms with Gasteiger partial charge in [-0.1, -0.05) is 6.42 Å². The SMILES string of the molecule is NCC1CCCCN1S(=O)(=O)N1CCOC2CCCC21. The highest BCUT2D eigenvalue weighted by atomic mass is 32.2. The van der Waals surface area contributed by atoms with Crippen molar-refractivity contribution in [1.29, 1.82) is 0 Å². The molecule has 20 heavy (non-hydrogen) atoms. The maximum Gasteiger partial charge on any atom is 0.282 e. The molecule has 0 spiro atoms. The summed E-state index contributed by atoms with van der Waals surface area (Å²) in [6, 6.07) is 0.00514. The normalized spacial score (nSPS) is 37.0. The molecular formula is C13H25N3O3S. The van der Waals surface area contributed by atoms with Crippen LogP contribution in [0.3, 0.4) is 0 Å². The van der Waals surface area contributed by atoms with Crippen LogP contribution in [0.5, 0.6) is 0 Å². The topological polar surface area (TPSA) is 75.9 Å². The van der Waals surface area contributed by atoms with Crippen LogP contribution in [-0.2, 0) is 14.9 Å². The minimum atomic E-state index is -3.39. The minimum Gasteiger partial charge on any atom is -0.375 e. The molecule has 0 bridgehead atoms. The first kappa shape index (κ1) is 14.7. The van der Waals surface area contributed by atoms with Gasteiger partial charge < -0.3 is 10.5 Å². The molecule has 0 aromatic carbocycles. The van der Waals surface area contributed by atoms with E-state index in [1.165, 1.54) is 0 Å². The number of rotatable bonds is 3. The number of hydrogen-bond acceptors (Lipinski definition) is 4. The van der Waals surface area contributed by atoms with Crippen molar-refractivity contribution in [1.82, 2.24) is 8.61 Å². The summed E-state index contributed by atoms with van der Waals surface area (Å²) in [5, 5.41) is 0. The Morgan fingerprint density at radius 2 is 1.90 bits per heavy atom. The summed E-state index contributed by atoms with van der Waals surface area (Å²) >= 11 is 0. The lowest BCUT2D eigenvalue weighted by Gasteiger charge is -2.42. The molecule has 0 aromatic heterocycles. The summed E-state index contributed by atoms with van der Waals surface area (Å²) < 4.78 is 35.1. The van der Waals surface area contributed by atoms with Gasteiger partial charge in [0, 0.05) is 25.7 Å². The molecule has 0 radical (unpaired) electrons. The summed E-state index contributed by atoms with van der Waals surface area (Å²) in [4.78, 5) is 0. The molecule has 1 saturated carbocycles. The summed E-state index contributed by atoms with van der Waals surface area (Å²) in [5.74, 6) is 0. The Morgan fingerprint density at radius 1 is 1.05 bits per heavy atom. The maximum absolute atomic E-state index is 13.0. The third-order valence-electron chi connectivity index (χ3n) is 4.87. The van der Waals surface area contributed by atoms with Gasteiger partial charge >= 0.3 is 0 Å². The van der Waals surface area contributed by atoms with Crippen molar-refractivity contribution >= 4 is 10.2 Å². The molecule has 1 aliphatic carbocycles. The van der Waals surface area contributed by atoms with E-state index < -0.39 is 10.2 Å². The van der Waals surface area contributed by atoms with Crippen molar-refractivity contribution in [3.05, 3.63) is 0 Å². The van der Waals surface area contributed by atoms with Crippen LogP contribution in [0.25, 0.3) is 0 Å². The Kier molecular flexibility index (Phi) is 4.33. The van der Waals surface area contributed by atoms with Gasteiger partial charge in [0.25, 0.3) is 10.2 Å². The molecule has 3 fully saturated rings. The Labute approximate surface area is 121 Å². The lowest BCUT2D eigenvalue weighted by atomic mass is 10.1. The van der Waals surface area contributed by atoms with E-state index in [0.717, 1.165) is 38.5 Å². The number of hydrogen-bond donors (Lipinski definition) is 1. The molecule has 2 saturated heterocycles. The quantitative estimate of drug-likeness (QED) is 0.813. The molecule has 116 valence electrons. The fraction of sp³-hybridized carbons (Fsp3) is 1.00. The fourth-order valence-corrected chi connectivity index (χ4v) is 5.91. The molecule has 3 atom stereocenters. The molecule has 0 amide bonds. The molecule has 2 N–H and O–H groups in total. The van der Waals surface area contributed by atoms with Crippen LogP contribution in [0, 0.1) is 0 Å². The van der Waals surface area contributed by atoms with Crippen LogP contribution in [-0.4, -0.2) is 61.5 Å².